The van der Waals surface area contributed by atoms with Crippen molar-refractivity contribution in [1.29, 1.82) is 0 Å². The zero-order valence-corrected chi connectivity index (χ0v) is 12.1. The molecule has 1 rings (SSSR count). The molecule has 0 aliphatic carbocycles. The molecule has 1 N–H and O–H groups in total. The van der Waals surface area contributed by atoms with Crippen LogP contribution in [-0.2, 0) is 14.8 Å². The summed E-state index contributed by atoms with van der Waals surface area (Å²) in [6.45, 7) is 1.82. The molecule has 0 spiro atoms. The molecule has 1 aromatic carbocycles. The smallest absolute Gasteiger partial charge is 0.312 e. The van der Waals surface area contributed by atoms with Gasteiger partial charge >= 0.3 is 5.69 Å². The van der Waals surface area contributed by atoms with Gasteiger partial charge in [-0.2, -0.15) is 0 Å². The number of sulfonamides is 1. The van der Waals surface area contributed by atoms with Gasteiger partial charge in [0.1, 0.15) is 0 Å². The number of hydrogen-bond donors (Lipinski definition) is 1. The molecule has 9 heteroatoms. The van der Waals surface area contributed by atoms with Crippen LogP contribution in [0.3, 0.4) is 0 Å². The van der Waals surface area contributed by atoms with E-state index >= 15 is 0 Å². The maximum Gasteiger partial charge on any atom is 0.312 e. The van der Waals surface area contributed by atoms with Crippen molar-refractivity contribution in [3.05, 3.63) is 28.3 Å². The van der Waals surface area contributed by atoms with E-state index in [1.807, 2.05) is 0 Å². The maximum atomic E-state index is 12.1. The number of nitro benzene ring substituents is 1. The molecule has 20 heavy (non-hydrogen) atoms. The van der Waals surface area contributed by atoms with Crippen LogP contribution in [0.5, 0.6) is 5.75 Å². The van der Waals surface area contributed by atoms with Gasteiger partial charge in [-0.3, -0.25) is 10.1 Å². The fourth-order valence-electron chi connectivity index (χ4n) is 1.60. The molecule has 0 saturated heterocycles. The van der Waals surface area contributed by atoms with E-state index in [1.54, 1.807) is 6.92 Å². The average molecular weight is 304 g/mol. The van der Waals surface area contributed by atoms with E-state index < -0.39 is 26.7 Å². The highest BCUT2D eigenvalue weighted by molar-refractivity contribution is 7.89. The van der Waals surface area contributed by atoms with Crippen molar-refractivity contribution in [1.82, 2.24) is 4.72 Å². The third kappa shape index (κ3) is 3.89. The number of nitrogens with zero attached hydrogens (tertiary/aromatic N) is 1. The van der Waals surface area contributed by atoms with Crippen molar-refractivity contribution in [3.63, 3.8) is 0 Å². The Hall–Kier alpha value is -1.71. The molecule has 0 saturated carbocycles. The third-order valence-electron chi connectivity index (χ3n) is 2.43. The fourth-order valence-corrected chi connectivity index (χ4v) is 2.84. The minimum Gasteiger partial charge on any atom is -0.490 e. The van der Waals surface area contributed by atoms with E-state index in [4.69, 9.17) is 9.47 Å². The predicted molar refractivity (Wildman–Crippen MR) is 71.3 cm³/mol. The Kier molecular flexibility index (Phi) is 5.43. The standard InChI is InChI=1S/C11H16N2O6S/c1-8(7-18-2)12-20(16,17)9-4-5-11(19-3)10(6-9)13(14)15/h4-6,8,12H,7H2,1-3H3. The van der Waals surface area contributed by atoms with Crippen LogP contribution in [0.1, 0.15) is 6.92 Å². The Bertz CT molecular complexity index is 587. The minimum absolute atomic E-state index is 0.00103. The van der Waals surface area contributed by atoms with Crippen molar-refractivity contribution >= 4 is 15.7 Å². The van der Waals surface area contributed by atoms with Gasteiger partial charge in [0.2, 0.25) is 10.0 Å². The topological polar surface area (TPSA) is 108 Å². The molecule has 1 unspecified atom stereocenters. The largest absolute Gasteiger partial charge is 0.490 e. The van der Waals surface area contributed by atoms with E-state index in [0.717, 1.165) is 6.07 Å². The maximum absolute atomic E-state index is 12.1. The van der Waals surface area contributed by atoms with Gasteiger partial charge in [-0.15, -0.1) is 0 Å². The molecule has 0 aliphatic heterocycles. The highest BCUT2D eigenvalue weighted by Crippen LogP contribution is 2.29. The van der Waals surface area contributed by atoms with Gasteiger partial charge in [0.05, 0.1) is 23.5 Å². The summed E-state index contributed by atoms with van der Waals surface area (Å²) in [6, 6.07) is 2.99. The highest BCUT2D eigenvalue weighted by Gasteiger charge is 2.23. The Labute approximate surface area is 116 Å². The van der Waals surface area contributed by atoms with Crippen LogP contribution in [0.25, 0.3) is 0 Å². The summed E-state index contributed by atoms with van der Waals surface area (Å²) in [6.07, 6.45) is 0. The lowest BCUT2D eigenvalue weighted by Crippen LogP contribution is -2.35. The first-order valence-electron chi connectivity index (χ1n) is 5.65. The van der Waals surface area contributed by atoms with Gasteiger partial charge in [-0.05, 0) is 19.1 Å². The zero-order valence-electron chi connectivity index (χ0n) is 11.3. The van der Waals surface area contributed by atoms with E-state index in [1.165, 1.54) is 26.4 Å². The second-order valence-corrected chi connectivity index (χ2v) is 5.78. The number of ether oxygens (including phenoxy) is 2. The Morgan fingerprint density at radius 1 is 1.40 bits per heavy atom. The van der Waals surface area contributed by atoms with Crippen molar-refractivity contribution in [2.75, 3.05) is 20.8 Å². The molecule has 112 valence electrons. The minimum atomic E-state index is -3.85. The first kappa shape index (κ1) is 16.3. The molecule has 0 radical (unpaired) electrons. The molecule has 1 atom stereocenters. The summed E-state index contributed by atoms with van der Waals surface area (Å²) in [5, 5.41) is 10.9. The van der Waals surface area contributed by atoms with Crippen molar-refractivity contribution in [2.24, 2.45) is 0 Å². The van der Waals surface area contributed by atoms with Gasteiger partial charge in [-0.25, -0.2) is 13.1 Å². The normalized spacial score (nSPS) is 12.9. The van der Waals surface area contributed by atoms with E-state index in [2.05, 4.69) is 4.72 Å². The van der Waals surface area contributed by atoms with Crippen molar-refractivity contribution < 1.29 is 22.8 Å². The summed E-state index contributed by atoms with van der Waals surface area (Å²) in [5.74, 6) is -0.00103. The molecule has 0 aliphatic rings. The van der Waals surface area contributed by atoms with Crippen LogP contribution in [0.15, 0.2) is 23.1 Å². The van der Waals surface area contributed by atoms with E-state index in [0.29, 0.717) is 0 Å². The zero-order chi connectivity index (χ0) is 15.3. The number of methoxy groups -OCH3 is 2. The van der Waals surface area contributed by atoms with Gasteiger partial charge in [-0.1, -0.05) is 0 Å². The number of nitro groups is 1. The number of rotatable bonds is 7. The predicted octanol–water partition coefficient (Wildman–Crippen LogP) is 0.917. The monoisotopic (exact) mass is 304 g/mol. The molecule has 0 heterocycles. The van der Waals surface area contributed by atoms with Crippen LogP contribution < -0.4 is 9.46 Å². The van der Waals surface area contributed by atoms with Crippen LogP contribution in [0.2, 0.25) is 0 Å². The molecule has 0 fully saturated rings. The molecule has 8 nitrogen and oxygen atoms in total. The summed E-state index contributed by atoms with van der Waals surface area (Å²) in [5.41, 5.74) is -0.408. The van der Waals surface area contributed by atoms with Crippen LogP contribution >= 0.6 is 0 Å². The lowest BCUT2D eigenvalue weighted by atomic mass is 10.3. The number of hydrogen-bond acceptors (Lipinski definition) is 6. The molecule has 0 aromatic heterocycles. The van der Waals surface area contributed by atoms with Gasteiger partial charge in [0, 0.05) is 19.2 Å². The first-order valence-corrected chi connectivity index (χ1v) is 7.14. The van der Waals surface area contributed by atoms with Crippen molar-refractivity contribution in [3.8, 4) is 5.75 Å². The van der Waals surface area contributed by atoms with Crippen LogP contribution in [-0.4, -0.2) is 40.2 Å². The third-order valence-corrected chi connectivity index (χ3v) is 4.02. The first-order chi connectivity index (χ1) is 9.31. The molecule has 0 amide bonds. The number of nitrogens with one attached hydrogen (secondary N) is 1. The van der Waals surface area contributed by atoms with Crippen LogP contribution in [0, 0.1) is 10.1 Å². The Morgan fingerprint density at radius 3 is 2.55 bits per heavy atom. The SMILES string of the molecule is COCC(C)NS(=O)(=O)c1ccc(OC)c([N+](=O)[O-])c1. The van der Waals surface area contributed by atoms with Gasteiger partial charge in [0.25, 0.3) is 0 Å². The lowest BCUT2D eigenvalue weighted by molar-refractivity contribution is -0.386. The second-order valence-electron chi connectivity index (χ2n) is 4.07. The molecular weight excluding hydrogens is 288 g/mol. The average Bonchev–Trinajstić information content (AvgIpc) is 2.37. The summed E-state index contributed by atoms with van der Waals surface area (Å²) in [7, 11) is -1.13. The molecule has 1 aromatic rings. The highest BCUT2D eigenvalue weighted by atomic mass is 32.2. The summed E-state index contributed by atoms with van der Waals surface area (Å²) in [4.78, 5) is 9.98. The lowest BCUT2D eigenvalue weighted by Gasteiger charge is -2.13. The Balaban J connectivity index is 3.13. The second kappa shape index (κ2) is 6.64. The number of benzene rings is 1. The molecule has 0 bridgehead atoms. The fraction of sp³-hybridized carbons (Fsp3) is 0.455. The van der Waals surface area contributed by atoms with Gasteiger partial charge in [0.15, 0.2) is 5.75 Å². The van der Waals surface area contributed by atoms with Crippen molar-refractivity contribution in [2.45, 2.75) is 17.9 Å². The summed E-state index contributed by atoms with van der Waals surface area (Å²) >= 11 is 0. The summed E-state index contributed by atoms with van der Waals surface area (Å²) < 4.78 is 36.1. The molecular formula is C11H16N2O6S. The quantitative estimate of drug-likeness (QED) is 0.592. The Morgan fingerprint density at radius 2 is 2.05 bits per heavy atom. The van der Waals surface area contributed by atoms with Gasteiger partial charge < -0.3 is 9.47 Å². The van der Waals surface area contributed by atoms with Crippen LogP contribution in [0.4, 0.5) is 5.69 Å². The van der Waals surface area contributed by atoms with E-state index in [9.17, 15) is 18.5 Å². The van der Waals surface area contributed by atoms with E-state index in [-0.39, 0.29) is 17.3 Å².